The standard InChI is InChI=1S/C25H22F4N5O5S/c1-40(36,37)20-6-7-22(21(26)12-20)34(23-17(14-32-34)13-30-15-31-23)39-19-8-10-33(11-9-19)24(35)16-2-4-18(5-3-16)38-25(27,28)29/h2-7,12-15,19H,8-11H2,1H3/q+1. The SMILES string of the molecule is CS(=O)(=O)c1ccc([N+]2(OC3CCN(C(=O)c4ccc(OC(F)(F)F)cc4)CC3)N=Cc3cncnc32)c(F)c1. The zero-order valence-electron chi connectivity index (χ0n) is 20.9. The molecule has 1 atom stereocenters. The van der Waals surface area contributed by atoms with E-state index in [0.717, 1.165) is 24.5 Å². The second-order valence-electron chi connectivity index (χ2n) is 9.18. The number of likely N-dealkylation sites (tertiary alicyclic amines) is 1. The lowest BCUT2D eigenvalue weighted by molar-refractivity contribution is -0.274. The first-order chi connectivity index (χ1) is 18.9. The minimum atomic E-state index is -4.84. The summed E-state index contributed by atoms with van der Waals surface area (Å²) in [5.74, 6) is -1.43. The first-order valence-corrected chi connectivity index (χ1v) is 13.8. The Hall–Kier alpha value is -3.95. The molecule has 5 rings (SSSR count). The van der Waals surface area contributed by atoms with Gasteiger partial charge in [0, 0.05) is 41.9 Å². The molecule has 0 radical (unpaired) electrons. The summed E-state index contributed by atoms with van der Waals surface area (Å²) in [6.45, 7) is 0.500. The molecular formula is C25H22F4N5O5S+. The summed E-state index contributed by atoms with van der Waals surface area (Å²) in [7, 11) is -3.67. The van der Waals surface area contributed by atoms with Crippen LogP contribution in [-0.4, -0.2) is 67.2 Å². The Labute approximate surface area is 225 Å². The number of hydrogen-bond acceptors (Lipinski definition) is 8. The molecule has 1 fully saturated rings. The van der Waals surface area contributed by atoms with Gasteiger partial charge in [0.15, 0.2) is 15.7 Å². The highest BCUT2D eigenvalue weighted by Crippen LogP contribution is 2.43. The van der Waals surface area contributed by atoms with Crippen LogP contribution < -0.4 is 9.49 Å². The number of carbonyl (C=O) groups is 1. The molecule has 0 N–H and O–H groups in total. The minimum absolute atomic E-state index is 0.0826. The third-order valence-electron chi connectivity index (χ3n) is 6.40. The van der Waals surface area contributed by atoms with Gasteiger partial charge in [-0.1, -0.05) is 0 Å². The van der Waals surface area contributed by atoms with Gasteiger partial charge in [-0.2, -0.15) is 9.82 Å². The highest BCUT2D eigenvalue weighted by molar-refractivity contribution is 7.90. The quantitative estimate of drug-likeness (QED) is 0.318. The van der Waals surface area contributed by atoms with Gasteiger partial charge < -0.3 is 9.64 Å². The summed E-state index contributed by atoms with van der Waals surface area (Å²) in [4.78, 5) is 28.8. The van der Waals surface area contributed by atoms with E-state index in [4.69, 9.17) is 4.84 Å². The van der Waals surface area contributed by atoms with Gasteiger partial charge in [0.2, 0.25) is 5.69 Å². The van der Waals surface area contributed by atoms with Crippen molar-refractivity contribution in [2.24, 2.45) is 5.10 Å². The number of sulfone groups is 1. The molecule has 1 saturated heterocycles. The number of benzene rings is 2. The second kappa shape index (κ2) is 10.2. The number of ether oxygens (including phenoxy) is 1. The van der Waals surface area contributed by atoms with Crippen molar-refractivity contribution in [1.82, 2.24) is 19.6 Å². The fraction of sp³-hybridized carbons (Fsp3) is 0.280. The molecule has 15 heteroatoms. The van der Waals surface area contributed by atoms with Crippen molar-refractivity contribution >= 4 is 33.5 Å². The van der Waals surface area contributed by atoms with Crippen LogP contribution in [0.25, 0.3) is 0 Å². The summed E-state index contributed by atoms with van der Waals surface area (Å²) < 4.78 is 79.5. The maximum atomic E-state index is 15.4. The summed E-state index contributed by atoms with van der Waals surface area (Å²) in [5.41, 5.74) is 0.598. The molecule has 3 heterocycles. The predicted molar refractivity (Wildman–Crippen MR) is 134 cm³/mol. The molecule has 2 aromatic carbocycles. The van der Waals surface area contributed by atoms with Crippen molar-refractivity contribution in [3.8, 4) is 5.75 Å². The Kier molecular flexibility index (Phi) is 7.06. The normalized spacial score (nSPS) is 19.5. The van der Waals surface area contributed by atoms with Gasteiger partial charge in [-0.15, -0.1) is 13.2 Å². The van der Waals surface area contributed by atoms with Gasteiger partial charge in [-0.3, -0.25) is 4.79 Å². The number of fused-ring (bicyclic) bond motifs is 1. The molecule has 210 valence electrons. The fourth-order valence-electron chi connectivity index (χ4n) is 4.51. The molecule has 1 aromatic heterocycles. The van der Waals surface area contributed by atoms with Crippen molar-refractivity contribution in [2.45, 2.75) is 30.2 Å². The third kappa shape index (κ3) is 5.52. The second-order valence-corrected chi connectivity index (χ2v) is 11.2. The number of aromatic nitrogens is 2. The molecule has 2 aliphatic heterocycles. The topological polar surface area (TPSA) is 111 Å². The zero-order valence-corrected chi connectivity index (χ0v) is 21.7. The van der Waals surface area contributed by atoms with Crippen LogP contribution in [0.4, 0.5) is 29.1 Å². The van der Waals surface area contributed by atoms with Gasteiger partial charge in [0.05, 0.1) is 4.90 Å². The Morgan fingerprint density at radius 1 is 1.10 bits per heavy atom. The Morgan fingerprint density at radius 3 is 2.42 bits per heavy atom. The maximum Gasteiger partial charge on any atom is 0.573 e. The number of hydrogen-bond donors (Lipinski definition) is 0. The molecule has 0 aliphatic carbocycles. The van der Waals surface area contributed by atoms with Crippen LogP contribution in [0.15, 0.2) is 65.0 Å². The van der Waals surface area contributed by atoms with Crippen molar-refractivity contribution in [1.29, 1.82) is 0 Å². The Morgan fingerprint density at radius 2 is 1.80 bits per heavy atom. The number of amides is 1. The van der Waals surface area contributed by atoms with Crippen LogP contribution in [0, 0.1) is 5.82 Å². The van der Waals surface area contributed by atoms with Crippen molar-refractivity contribution < 1.29 is 40.3 Å². The highest BCUT2D eigenvalue weighted by atomic mass is 32.2. The molecule has 0 bridgehead atoms. The number of carbonyl (C=O) groups excluding carboxylic acids is 1. The number of quaternary nitrogens is 1. The fourth-order valence-corrected chi connectivity index (χ4v) is 5.15. The lowest BCUT2D eigenvalue weighted by Crippen LogP contribution is -2.47. The predicted octanol–water partition coefficient (Wildman–Crippen LogP) is 4.14. The van der Waals surface area contributed by atoms with Crippen LogP contribution in [0.1, 0.15) is 28.8 Å². The van der Waals surface area contributed by atoms with Crippen LogP contribution in [0.5, 0.6) is 5.75 Å². The van der Waals surface area contributed by atoms with E-state index < -0.39 is 38.6 Å². The summed E-state index contributed by atoms with van der Waals surface area (Å²) in [5, 5.41) is 4.41. The molecule has 3 aromatic rings. The van der Waals surface area contributed by atoms with E-state index >= 15 is 4.39 Å². The number of alkyl halides is 3. The smallest absolute Gasteiger partial charge is 0.406 e. The summed E-state index contributed by atoms with van der Waals surface area (Å²) >= 11 is 0. The number of piperidine rings is 1. The van der Waals surface area contributed by atoms with Gasteiger partial charge >= 0.3 is 12.2 Å². The van der Waals surface area contributed by atoms with Gasteiger partial charge in [0.25, 0.3) is 5.91 Å². The van der Waals surface area contributed by atoms with Crippen molar-refractivity contribution in [3.05, 3.63) is 71.9 Å². The minimum Gasteiger partial charge on any atom is -0.406 e. The van der Waals surface area contributed by atoms with Gasteiger partial charge in [-0.05, 0) is 54.3 Å². The Balaban J connectivity index is 1.34. The highest BCUT2D eigenvalue weighted by Gasteiger charge is 2.49. The zero-order chi connectivity index (χ0) is 28.7. The summed E-state index contributed by atoms with van der Waals surface area (Å²) in [6, 6.07) is 8.09. The molecule has 2 aliphatic rings. The third-order valence-corrected chi connectivity index (χ3v) is 7.51. The monoisotopic (exact) mass is 580 g/mol. The van der Waals surface area contributed by atoms with E-state index in [9.17, 15) is 26.4 Å². The Bertz CT molecular complexity index is 1580. The molecular weight excluding hydrogens is 558 g/mol. The average molecular weight is 581 g/mol. The molecule has 1 unspecified atom stereocenters. The maximum absolute atomic E-state index is 15.4. The number of rotatable bonds is 6. The number of nitrogens with zero attached hydrogens (tertiary/aromatic N) is 5. The van der Waals surface area contributed by atoms with E-state index in [0.29, 0.717) is 18.4 Å². The van der Waals surface area contributed by atoms with Gasteiger partial charge in [0.1, 0.15) is 30.0 Å². The lowest BCUT2D eigenvalue weighted by atomic mass is 10.1. The van der Waals surface area contributed by atoms with Crippen LogP contribution in [0.3, 0.4) is 0 Å². The van der Waals surface area contributed by atoms with Gasteiger partial charge in [-0.25, -0.2) is 17.8 Å². The molecule has 1 amide bonds. The van der Waals surface area contributed by atoms with E-state index in [-0.39, 0.29) is 41.0 Å². The largest absolute Gasteiger partial charge is 0.573 e. The van der Waals surface area contributed by atoms with E-state index in [1.165, 1.54) is 47.9 Å². The van der Waals surface area contributed by atoms with E-state index in [1.54, 1.807) is 0 Å². The lowest BCUT2D eigenvalue weighted by Gasteiger charge is -2.34. The van der Waals surface area contributed by atoms with Crippen LogP contribution in [-0.2, 0) is 14.7 Å². The van der Waals surface area contributed by atoms with E-state index in [2.05, 4.69) is 19.8 Å². The van der Waals surface area contributed by atoms with Crippen molar-refractivity contribution in [3.63, 3.8) is 0 Å². The number of halogens is 4. The molecule has 40 heavy (non-hydrogen) atoms. The van der Waals surface area contributed by atoms with Crippen LogP contribution in [0.2, 0.25) is 0 Å². The van der Waals surface area contributed by atoms with Crippen LogP contribution >= 0.6 is 0 Å². The first kappa shape index (κ1) is 27.6. The summed E-state index contributed by atoms with van der Waals surface area (Å²) in [6.07, 6.45) is 0.475. The van der Waals surface area contributed by atoms with Crippen molar-refractivity contribution in [2.75, 3.05) is 19.3 Å². The van der Waals surface area contributed by atoms with E-state index in [1.807, 2.05) is 0 Å². The first-order valence-electron chi connectivity index (χ1n) is 11.9. The molecule has 10 nitrogen and oxygen atoms in total. The molecule has 0 spiro atoms. The average Bonchev–Trinajstić information content (AvgIpc) is 3.27. The molecule has 0 saturated carbocycles.